The zero-order chi connectivity index (χ0) is 17.0. The third-order valence-electron chi connectivity index (χ3n) is 2.92. The molecule has 0 spiro atoms. The highest BCUT2D eigenvalue weighted by molar-refractivity contribution is 5.54. The first-order valence-electron chi connectivity index (χ1n) is 6.19. The average Bonchev–Trinajstić information content (AvgIpc) is 2.41. The summed E-state index contributed by atoms with van der Waals surface area (Å²) in [5.74, 6) is 0. The minimum absolute atomic E-state index is 0.0884. The quantitative estimate of drug-likeness (QED) is 0.429. The lowest BCUT2D eigenvalue weighted by molar-refractivity contribution is -0.401. The van der Waals surface area contributed by atoms with Gasteiger partial charge in [-0.25, -0.2) is 0 Å². The molecular formula is C14H14F6O2. The van der Waals surface area contributed by atoms with Crippen LogP contribution < -0.4 is 0 Å². The molecule has 8 heteroatoms. The minimum atomic E-state index is -5.73. The molecule has 0 atom stereocenters. The standard InChI is InChI=1S/C14H14F6O2/c1-3-10-7-5-6-8-11(10)12(13(15,16)17,14(18,19)20)22-9-21-4-2/h3,5-8H,1,4,9H2,2H3. The summed E-state index contributed by atoms with van der Waals surface area (Å²) >= 11 is 0. The van der Waals surface area contributed by atoms with Gasteiger partial charge in [0.05, 0.1) is 0 Å². The maximum absolute atomic E-state index is 13.4. The van der Waals surface area contributed by atoms with Crippen LogP contribution in [-0.4, -0.2) is 25.8 Å². The van der Waals surface area contributed by atoms with Gasteiger partial charge in [0.2, 0.25) is 0 Å². The van der Waals surface area contributed by atoms with Gasteiger partial charge < -0.3 is 9.47 Å². The lowest BCUT2D eigenvalue weighted by Gasteiger charge is -2.38. The average molecular weight is 328 g/mol. The molecule has 0 saturated heterocycles. The fourth-order valence-corrected chi connectivity index (χ4v) is 1.92. The number of hydrogen-bond donors (Lipinski definition) is 0. The Morgan fingerprint density at radius 1 is 1.05 bits per heavy atom. The third-order valence-corrected chi connectivity index (χ3v) is 2.92. The molecule has 1 rings (SSSR count). The van der Waals surface area contributed by atoms with E-state index >= 15 is 0 Å². The van der Waals surface area contributed by atoms with Crippen molar-refractivity contribution in [3.63, 3.8) is 0 Å². The normalized spacial score (nSPS) is 13.2. The van der Waals surface area contributed by atoms with E-state index in [1.54, 1.807) is 0 Å². The second kappa shape index (κ2) is 6.70. The highest BCUT2D eigenvalue weighted by Gasteiger charge is 2.74. The van der Waals surface area contributed by atoms with Gasteiger partial charge in [-0.1, -0.05) is 36.9 Å². The van der Waals surface area contributed by atoms with Gasteiger partial charge >= 0.3 is 12.4 Å². The van der Waals surface area contributed by atoms with Gasteiger partial charge in [-0.3, -0.25) is 0 Å². The maximum Gasteiger partial charge on any atom is 0.430 e. The molecule has 0 fully saturated rings. The van der Waals surface area contributed by atoms with Gasteiger partial charge in [0.25, 0.3) is 5.60 Å². The van der Waals surface area contributed by atoms with Crippen LogP contribution in [0.4, 0.5) is 26.3 Å². The monoisotopic (exact) mass is 328 g/mol. The van der Waals surface area contributed by atoms with E-state index < -0.39 is 30.3 Å². The highest BCUT2D eigenvalue weighted by Crippen LogP contribution is 2.53. The zero-order valence-electron chi connectivity index (χ0n) is 11.6. The molecular weight excluding hydrogens is 314 g/mol. The van der Waals surface area contributed by atoms with Crippen molar-refractivity contribution in [2.24, 2.45) is 0 Å². The maximum atomic E-state index is 13.4. The van der Waals surface area contributed by atoms with Crippen LogP contribution in [-0.2, 0) is 15.1 Å². The molecule has 0 unspecified atom stereocenters. The van der Waals surface area contributed by atoms with E-state index in [9.17, 15) is 26.3 Å². The first kappa shape index (κ1) is 18.5. The van der Waals surface area contributed by atoms with Gasteiger partial charge in [-0.15, -0.1) is 0 Å². The number of hydrogen-bond acceptors (Lipinski definition) is 2. The molecule has 0 radical (unpaired) electrons. The number of alkyl halides is 6. The number of ether oxygens (including phenoxy) is 2. The van der Waals surface area contributed by atoms with E-state index in [0.29, 0.717) is 6.07 Å². The molecule has 1 aromatic rings. The van der Waals surface area contributed by atoms with Crippen LogP contribution in [0, 0.1) is 0 Å². The van der Waals surface area contributed by atoms with Crippen LogP contribution >= 0.6 is 0 Å². The first-order valence-corrected chi connectivity index (χ1v) is 6.19. The summed E-state index contributed by atoms with van der Waals surface area (Å²) in [5.41, 5.74) is -5.89. The van der Waals surface area contributed by atoms with Gasteiger partial charge in [-0.2, -0.15) is 26.3 Å². The molecule has 0 aliphatic rings. The van der Waals surface area contributed by atoms with Crippen molar-refractivity contribution in [2.45, 2.75) is 24.9 Å². The molecule has 0 aliphatic carbocycles. The molecule has 1 aromatic carbocycles. The number of benzene rings is 1. The van der Waals surface area contributed by atoms with Crippen molar-refractivity contribution in [2.75, 3.05) is 13.4 Å². The molecule has 0 aromatic heterocycles. The Morgan fingerprint density at radius 3 is 2.05 bits per heavy atom. The van der Waals surface area contributed by atoms with Crippen LogP contribution in [0.5, 0.6) is 0 Å². The topological polar surface area (TPSA) is 18.5 Å². The molecule has 0 aliphatic heterocycles. The second-order valence-electron chi connectivity index (χ2n) is 4.22. The number of halogens is 6. The molecule has 0 amide bonds. The summed E-state index contributed by atoms with van der Waals surface area (Å²) in [6, 6.07) is 4.18. The Balaban J connectivity index is 3.58. The number of rotatable bonds is 6. The predicted molar refractivity (Wildman–Crippen MR) is 67.9 cm³/mol. The van der Waals surface area contributed by atoms with Crippen LogP contribution in [0.15, 0.2) is 30.8 Å². The van der Waals surface area contributed by atoms with E-state index in [0.717, 1.165) is 18.2 Å². The Labute approximate surface area is 123 Å². The molecule has 0 N–H and O–H groups in total. The summed E-state index contributed by atoms with van der Waals surface area (Å²) in [7, 11) is 0. The summed E-state index contributed by atoms with van der Waals surface area (Å²) in [4.78, 5) is 0. The third kappa shape index (κ3) is 3.27. The summed E-state index contributed by atoms with van der Waals surface area (Å²) in [5, 5.41) is 0. The van der Waals surface area contributed by atoms with Crippen molar-refractivity contribution < 1.29 is 35.8 Å². The molecule has 0 heterocycles. The van der Waals surface area contributed by atoms with E-state index in [4.69, 9.17) is 0 Å². The largest absolute Gasteiger partial charge is 0.430 e. The fraction of sp³-hybridized carbons (Fsp3) is 0.429. The van der Waals surface area contributed by atoms with Crippen molar-refractivity contribution in [1.82, 2.24) is 0 Å². The predicted octanol–water partition coefficient (Wildman–Crippen LogP) is 4.66. The van der Waals surface area contributed by atoms with E-state index in [1.807, 2.05) is 0 Å². The van der Waals surface area contributed by atoms with Gasteiger partial charge in [0.1, 0.15) is 6.79 Å². The van der Waals surface area contributed by atoms with Gasteiger partial charge in [-0.05, 0) is 12.5 Å². The van der Waals surface area contributed by atoms with Crippen molar-refractivity contribution in [1.29, 1.82) is 0 Å². The summed E-state index contributed by atoms with van der Waals surface area (Å²) in [6.07, 6.45) is -10.6. The molecule has 2 nitrogen and oxygen atoms in total. The van der Waals surface area contributed by atoms with Crippen LogP contribution in [0.1, 0.15) is 18.1 Å². The van der Waals surface area contributed by atoms with Crippen LogP contribution in [0.2, 0.25) is 0 Å². The molecule has 124 valence electrons. The second-order valence-corrected chi connectivity index (χ2v) is 4.22. The molecule has 22 heavy (non-hydrogen) atoms. The Morgan fingerprint density at radius 2 is 1.59 bits per heavy atom. The van der Waals surface area contributed by atoms with E-state index in [1.165, 1.54) is 13.0 Å². The zero-order valence-corrected chi connectivity index (χ0v) is 11.6. The van der Waals surface area contributed by atoms with Crippen molar-refractivity contribution in [3.05, 3.63) is 42.0 Å². The smallest absolute Gasteiger partial charge is 0.356 e. The van der Waals surface area contributed by atoms with Crippen molar-refractivity contribution in [3.8, 4) is 0 Å². The lowest BCUT2D eigenvalue weighted by atomic mass is 9.88. The summed E-state index contributed by atoms with van der Waals surface area (Å²) in [6.45, 7) is 3.42. The van der Waals surface area contributed by atoms with Crippen LogP contribution in [0.3, 0.4) is 0 Å². The van der Waals surface area contributed by atoms with Crippen LogP contribution in [0.25, 0.3) is 6.08 Å². The molecule has 0 bridgehead atoms. The Kier molecular flexibility index (Phi) is 5.64. The van der Waals surface area contributed by atoms with Gasteiger partial charge in [0, 0.05) is 12.2 Å². The lowest BCUT2D eigenvalue weighted by Crippen LogP contribution is -2.56. The first-order chi connectivity index (χ1) is 10.1. The van der Waals surface area contributed by atoms with Crippen molar-refractivity contribution >= 4 is 6.08 Å². The Hall–Kier alpha value is -1.54. The van der Waals surface area contributed by atoms with Gasteiger partial charge in [0.15, 0.2) is 0 Å². The fourth-order valence-electron chi connectivity index (χ4n) is 1.92. The SMILES string of the molecule is C=Cc1ccccc1C(OCOCC)(C(F)(F)F)C(F)(F)F. The summed E-state index contributed by atoms with van der Waals surface area (Å²) < 4.78 is 88.9. The minimum Gasteiger partial charge on any atom is -0.356 e. The Bertz CT molecular complexity index is 493. The van der Waals surface area contributed by atoms with E-state index in [2.05, 4.69) is 16.1 Å². The highest BCUT2D eigenvalue weighted by atomic mass is 19.4. The van der Waals surface area contributed by atoms with E-state index in [-0.39, 0.29) is 12.2 Å². The molecule has 0 saturated carbocycles.